The van der Waals surface area contributed by atoms with Crippen molar-refractivity contribution in [2.24, 2.45) is 5.41 Å². The first kappa shape index (κ1) is 12.7. The third kappa shape index (κ3) is 2.57. The minimum absolute atomic E-state index is 0.133. The van der Waals surface area contributed by atoms with Crippen molar-refractivity contribution in [1.82, 2.24) is 9.80 Å². The van der Waals surface area contributed by atoms with Crippen LogP contribution in [0.1, 0.15) is 32.6 Å². The number of carbonyl (C=O) groups excluding carboxylic acids is 1. The van der Waals surface area contributed by atoms with Crippen molar-refractivity contribution in [1.29, 1.82) is 0 Å². The van der Waals surface area contributed by atoms with Gasteiger partial charge in [0.15, 0.2) is 0 Å². The number of amides is 1. The molecule has 1 spiro atoms. The summed E-state index contributed by atoms with van der Waals surface area (Å²) in [5.41, 5.74) is 0.526. The van der Waals surface area contributed by atoms with Crippen LogP contribution in [0.4, 0.5) is 4.79 Å². The Balaban J connectivity index is 1.78. The highest BCUT2D eigenvalue weighted by atomic mass is 16.6. The Hall–Kier alpha value is -0.770. The van der Waals surface area contributed by atoms with E-state index in [0.29, 0.717) is 12.0 Å². The van der Waals surface area contributed by atoms with Crippen LogP contribution in [0.5, 0.6) is 0 Å². The van der Waals surface area contributed by atoms with Gasteiger partial charge in [0.05, 0.1) is 6.61 Å². The van der Waals surface area contributed by atoms with Crippen LogP contribution in [0.2, 0.25) is 0 Å². The Kier molecular flexibility index (Phi) is 3.61. The molecule has 0 aromatic rings. The van der Waals surface area contributed by atoms with Gasteiger partial charge in [-0.25, -0.2) is 4.79 Å². The van der Waals surface area contributed by atoms with Crippen LogP contribution in [0.15, 0.2) is 0 Å². The van der Waals surface area contributed by atoms with Crippen molar-refractivity contribution >= 4 is 6.09 Å². The van der Waals surface area contributed by atoms with Gasteiger partial charge in [0, 0.05) is 19.1 Å². The smallest absolute Gasteiger partial charge is 0.409 e. The molecule has 0 aromatic carbocycles. The van der Waals surface area contributed by atoms with Crippen LogP contribution in [-0.4, -0.2) is 55.7 Å². The number of piperidine rings is 1. The van der Waals surface area contributed by atoms with E-state index < -0.39 is 0 Å². The Labute approximate surface area is 104 Å². The molecule has 1 saturated carbocycles. The molecule has 0 atom stereocenters. The molecule has 0 radical (unpaired) electrons. The van der Waals surface area contributed by atoms with E-state index in [4.69, 9.17) is 4.74 Å². The quantitative estimate of drug-likeness (QED) is 0.739. The van der Waals surface area contributed by atoms with Gasteiger partial charge in [-0.3, -0.25) is 0 Å². The standard InChI is InChI=1S/C13H24N2O2/c1-4-17-12(16)15-7-5-13(6-8-15)9-11(10-13)14(2)3/h11H,4-10H2,1-3H3. The monoisotopic (exact) mass is 240 g/mol. The normalized spacial score (nSPS) is 23.9. The number of ether oxygens (including phenoxy) is 1. The molecule has 0 aromatic heterocycles. The van der Waals surface area contributed by atoms with E-state index in [9.17, 15) is 4.79 Å². The first-order valence-corrected chi connectivity index (χ1v) is 6.64. The molecule has 1 amide bonds. The van der Waals surface area contributed by atoms with E-state index in [1.165, 1.54) is 12.8 Å². The molecule has 2 aliphatic rings. The summed E-state index contributed by atoms with van der Waals surface area (Å²) in [5.74, 6) is 0. The highest BCUT2D eigenvalue weighted by Gasteiger charge is 2.47. The third-order valence-corrected chi connectivity index (χ3v) is 4.42. The van der Waals surface area contributed by atoms with Crippen molar-refractivity contribution in [2.45, 2.75) is 38.6 Å². The SMILES string of the molecule is CCOC(=O)N1CCC2(CC1)CC(N(C)C)C2. The summed E-state index contributed by atoms with van der Waals surface area (Å²) >= 11 is 0. The van der Waals surface area contributed by atoms with Crippen LogP contribution < -0.4 is 0 Å². The van der Waals surface area contributed by atoms with Gasteiger partial charge in [0.25, 0.3) is 0 Å². The summed E-state index contributed by atoms with van der Waals surface area (Å²) in [6.07, 6.45) is 4.77. The molecule has 4 heteroatoms. The van der Waals surface area contributed by atoms with Crippen LogP contribution >= 0.6 is 0 Å². The molecule has 1 heterocycles. The zero-order valence-electron chi connectivity index (χ0n) is 11.2. The summed E-state index contributed by atoms with van der Waals surface area (Å²) in [6.45, 7) is 4.08. The van der Waals surface area contributed by atoms with Crippen molar-refractivity contribution in [3.8, 4) is 0 Å². The molecule has 0 bridgehead atoms. The number of nitrogens with zero attached hydrogens (tertiary/aromatic N) is 2. The van der Waals surface area contributed by atoms with E-state index in [1.807, 2.05) is 11.8 Å². The van der Waals surface area contributed by atoms with E-state index in [-0.39, 0.29) is 6.09 Å². The fourth-order valence-electron chi connectivity index (χ4n) is 3.09. The van der Waals surface area contributed by atoms with Gasteiger partial charge in [-0.2, -0.15) is 0 Å². The predicted molar refractivity (Wildman–Crippen MR) is 67.0 cm³/mol. The lowest BCUT2D eigenvalue weighted by atomic mass is 9.60. The molecule has 98 valence electrons. The first-order chi connectivity index (χ1) is 8.06. The lowest BCUT2D eigenvalue weighted by Crippen LogP contribution is -2.54. The number of hydrogen-bond acceptors (Lipinski definition) is 3. The molecule has 0 unspecified atom stereocenters. The lowest BCUT2D eigenvalue weighted by molar-refractivity contribution is -0.0260. The van der Waals surface area contributed by atoms with E-state index in [0.717, 1.165) is 32.0 Å². The lowest BCUT2D eigenvalue weighted by Gasteiger charge is -2.53. The second kappa shape index (κ2) is 4.84. The highest BCUT2D eigenvalue weighted by Crippen LogP contribution is 2.50. The fourth-order valence-corrected chi connectivity index (χ4v) is 3.09. The molecule has 1 saturated heterocycles. The highest BCUT2D eigenvalue weighted by molar-refractivity contribution is 5.67. The third-order valence-electron chi connectivity index (χ3n) is 4.42. The van der Waals surface area contributed by atoms with Gasteiger partial charge < -0.3 is 14.5 Å². The minimum atomic E-state index is -0.133. The first-order valence-electron chi connectivity index (χ1n) is 6.64. The maximum atomic E-state index is 11.6. The van der Waals surface area contributed by atoms with E-state index in [1.54, 1.807) is 0 Å². The molecule has 1 aliphatic heterocycles. The van der Waals surface area contributed by atoms with Crippen LogP contribution in [0, 0.1) is 5.41 Å². The maximum absolute atomic E-state index is 11.6. The second-order valence-electron chi connectivity index (χ2n) is 5.71. The van der Waals surface area contributed by atoms with Crippen molar-refractivity contribution < 1.29 is 9.53 Å². The summed E-state index contributed by atoms with van der Waals surface area (Å²) in [5, 5.41) is 0. The summed E-state index contributed by atoms with van der Waals surface area (Å²) in [4.78, 5) is 15.8. The minimum Gasteiger partial charge on any atom is -0.450 e. The van der Waals surface area contributed by atoms with Gasteiger partial charge in [-0.15, -0.1) is 0 Å². The molecular formula is C13H24N2O2. The molecule has 0 N–H and O–H groups in total. The molecule has 1 aliphatic carbocycles. The molecular weight excluding hydrogens is 216 g/mol. The van der Waals surface area contributed by atoms with E-state index in [2.05, 4.69) is 19.0 Å². The number of likely N-dealkylation sites (tertiary alicyclic amines) is 1. The Morgan fingerprint density at radius 3 is 2.41 bits per heavy atom. The fraction of sp³-hybridized carbons (Fsp3) is 0.923. The van der Waals surface area contributed by atoms with Gasteiger partial charge in [-0.1, -0.05) is 0 Å². The van der Waals surface area contributed by atoms with Crippen molar-refractivity contribution in [3.63, 3.8) is 0 Å². The van der Waals surface area contributed by atoms with Crippen LogP contribution in [0.3, 0.4) is 0 Å². The summed E-state index contributed by atoms with van der Waals surface area (Å²) in [6, 6.07) is 0.754. The Bertz CT molecular complexity index is 275. The maximum Gasteiger partial charge on any atom is 0.409 e. The molecule has 4 nitrogen and oxygen atoms in total. The van der Waals surface area contributed by atoms with Crippen LogP contribution in [0.25, 0.3) is 0 Å². The topological polar surface area (TPSA) is 32.8 Å². The summed E-state index contributed by atoms with van der Waals surface area (Å²) < 4.78 is 5.04. The molecule has 17 heavy (non-hydrogen) atoms. The number of rotatable bonds is 2. The van der Waals surface area contributed by atoms with Gasteiger partial charge >= 0.3 is 6.09 Å². The molecule has 2 rings (SSSR count). The average Bonchev–Trinajstić information content (AvgIpc) is 2.26. The largest absolute Gasteiger partial charge is 0.450 e. The Morgan fingerprint density at radius 2 is 1.94 bits per heavy atom. The predicted octanol–water partition coefficient (Wildman–Crippen LogP) is 1.95. The van der Waals surface area contributed by atoms with Crippen LogP contribution in [-0.2, 0) is 4.74 Å². The van der Waals surface area contributed by atoms with Gasteiger partial charge in [0.1, 0.15) is 0 Å². The zero-order valence-corrected chi connectivity index (χ0v) is 11.2. The zero-order chi connectivity index (χ0) is 12.5. The number of hydrogen-bond donors (Lipinski definition) is 0. The number of carbonyl (C=O) groups is 1. The van der Waals surface area contributed by atoms with Gasteiger partial charge in [-0.05, 0) is 52.1 Å². The second-order valence-corrected chi connectivity index (χ2v) is 5.71. The van der Waals surface area contributed by atoms with Crippen molar-refractivity contribution in [3.05, 3.63) is 0 Å². The van der Waals surface area contributed by atoms with Crippen molar-refractivity contribution in [2.75, 3.05) is 33.8 Å². The average molecular weight is 240 g/mol. The van der Waals surface area contributed by atoms with Gasteiger partial charge in [0.2, 0.25) is 0 Å². The van der Waals surface area contributed by atoms with E-state index >= 15 is 0 Å². The molecule has 2 fully saturated rings. The Morgan fingerprint density at radius 1 is 1.35 bits per heavy atom. The summed E-state index contributed by atoms with van der Waals surface area (Å²) in [7, 11) is 4.32.